The Labute approximate surface area is 155 Å². The number of carbonyl (C=O) groups is 1. The van der Waals surface area contributed by atoms with Crippen molar-refractivity contribution in [3.05, 3.63) is 12.2 Å². The zero-order valence-electron chi connectivity index (χ0n) is 16.3. The van der Waals surface area contributed by atoms with E-state index in [9.17, 15) is 4.79 Å². The van der Waals surface area contributed by atoms with E-state index in [1.165, 1.54) is 70.6 Å². The van der Waals surface area contributed by atoms with Gasteiger partial charge in [-0.1, -0.05) is 70.4 Å². The predicted molar refractivity (Wildman–Crippen MR) is 105 cm³/mol. The molecular formula is C21H41NO3. The van der Waals surface area contributed by atoms with Gasteiger partial charge in [-0.2, -0.15) is 0 Å². The van der Waals surface area contributed by atoms with Crippen LogP contribution in [0.4, 0.5) is 0 Å². The van der Waals surface area contributed by atoms with Crippen molar-refractivity contribution in [1.29, 1.82) is 0 Å². The summed E-state index contributed by atoms with van der Waals surface area (Å²) >= 11 is 0. The summed E-state index contributed by atoms with van der Waals surface area (Å²) in [6.07, 6.45) is 20.4. The normalized spacial score (nSPS) is 11.5. The minimum atomic E-state index is -1.33. The fourth-order valence-corrected chi connectivity index (χ4v) is 2.79. The first-order valence-electron chi connectivity index (χ1n) is 10.4. The second-order valence-electron chi connectivity index (χ2n) is 6.95. The molecule has 0 aromatic carbocycles. The number of hydrogen-bond donors (Lipinski definition) is 3. The van der Waals surface area contributed by atoms with Crippen molar-refractivity contribution in [2.75, 3.05) is 6.54 Å². The summed E-state index contributed by atoms with van der Waals surface area (Å²) in [6, 6.07) is 0. The lowest BCUT2D eigenvalue weighted by Gasteiger charge is -2.06. The van der Waals surface area contributed by atoms with Crippen LogP contribution in [-0.2, 0) is 4.79 Å². The van der Waals surface area contributed by atoms with Gasteiger partial charge in [0.2, 0.25) is 5.91 Å². The smallest absolute Gasteiger partial charge is 0.219 e. The van der Waals surface area contributed by atoms with Crippen molar-refractivity contribution in [3.63, 3.8) is 0 Å². The molecule has 0 radical (unpaired) electrons. The van der Waals surface area contributed by atoms with Gasteiger partial charge in [-0.15, -0.1) is 0 Å². The molecule has 0 unspecified atom stereocenters. The van der Waals surface area contributed by atoms with Crippen LogP contribution in [0.15, 0.2) is 12.2 Å². The van der Waals surface area contributed by atoms with Gasteiger partial charge < -0.3 is 15.5 Å². The van der Waals surface area contributed by atoms with Crippen molar-refractivity contribution in [3.8, 4) is 0 Å². The molecule has 148 valence electrons. The fraction of sp³-hybridized carbons (Fsp3) is 0.857. The molecular weight excluding hydrogens is 314 g/mol. The Hall–Kier alpha value is -0.870. The van der Waals surface area contributed by atoms with E-state index in [0.717, 1.165) is 12.8 Å². The molecule has 25 heavy (non-hydrogen) atoms. The SMILES string of the molecule is CCCCCCCC/C=C\CCCCCCCC(=O)NCCC(O)O. The highest BCUT2D eigenvalue weighted by Crippen LogP contribution is 2.09. The van der Waals surface area contributed by atoms with Gasteiger partial charge >= 0.3 is 0 Å². The van der Waals surface area contributed by atoms with E-state index in [2.05, 4.69) is 24.4 Å². The van der Waals surface area contributed by atoms with Gasteiger partial charge in [-0.3, -0.25) is 4.79 Å². The molecule has 0 saturated carbocycles. The van der Waals surface area contributed by atoms with Crippen molar-refractivity contribution < 1.29 is 15.0 Å². The van der Waals surface area contributed by atoms with Crippen molar-refractivity contribution >= 4 is 5.91 Å². The van der Waals surface area contributed by atoms with Crippen LogP contribution in [0.1, 0.15) is 103 Å². The first kappa shape index (κ1) is 24.1. The number of aliphatic hydroxyl groups excluding tert-OH is 1. The Morgan fingerprint density at radius 2 is 1.36 bits per heavy atom. The number of carbonyl (C=O) groups excluding carboxylic acids is 1. The highest BCUT2D eigenvalue weighted by molar-refractivity contribution is 5.75. The molecule has 0 rings (SSSR count). The van der Waals surface area contributed by atoms with E-state index < -0.39 is 6.29 Å². The van der Waals surface area contributed by atoms with Crippen LogP contribution >= 0.6 is 0 Å². The number of allylic oxidation sites excluding steroid dienone is 2. The summed E-state index contributed by atoms with van der Waals surface area (Å²) in [5.74, 6) is 0.0123. The number of aliphatic hydroxyl groups is 2. The van der Waals surface area contributed by atoms with Crippen molar-refractivity contribution in [1.82, 2.24) is 5.32 Å². The summed E-state index contributed by atoms with van der Waals surface area (Å²) < 4.78 is 0. The minimum Gasteiger partial charge on any atom is -0.368 e. The Morgan fingerprint density at radius 1 is 0.840 bits per heavy atom. The third-order valence-electron chi connectivity index (χ3n) is 4.39. The van der Waals surface area contributed by atoms with Gasteiger partial charge in [0, 0.05) is 19.4 Å². The number of nitrogens with one attached hydrogen (secondary N) is 1. The maximum atomic E-state index is 11.5. The van der Waals surface area contributed by atoms with Gasteiger partial charge in [0.1, 0.15) is 0 Å². The lowest BCUT2D eigenvalue weighted by Crippen LogP contribution is -2.26. The third kappa shape index (κ3) is 21.1. The van der Waals surface area contributed by atoms with Crippen LogP contribution in [0.25, 0.3) is 0 Å². The average Bonchev–Trinajstić information content (AvgIpc) is 2.58. The molecule has 4 nitrogen and oxygen atoms in total. The topological polar surface area (TPSA) is 69.6 Å². The van der Waals surface area contributed by atoms with E-state index in [1.807, 2.05) is 0 Å². The van der Waals surface area contributed by atoms with Crippen LogP contribution < -0.4 is 5.32 Å². The second kappa shape index (κ2) is 19.5. The summed E-state index contributed by atoms with van der Waals surface area (Å²) in [5.41, 5.74) is 0. The summed E-state index contributed by atoms with van der Waals surface area (Å²) in [5, 5.41) is 20.1. The molecule has 0 fully saturated rings. The van der Waals surface area contributed by atoms with Gasteiger partial charge in [-0.25, -0.2) is 0 Å². The van der Waals surface area contributed by atoms with Gasteiger partial charge in [0.05, 0.1) is 0 Å². The Kier molecular flexibility index (Phi) is 18.8. The Morgan fingerprint density at radius 3 is 1.92 bits per heavy atom. The quantitative estimate of drug-likeness (QED) is 0.187. The van der Waals surface area contributed by atoms with Gasteiger partial charge in [0.15, 0.2) is 6.29 Å². The molecule has 0 heterocycles. The van der Waals surface area contributed by atoms with Gasteiger partial charge in [0.25, 0.3) is 0 Å². The monoisotopic (exact) mass is 355 g/mol. The summed E-state index contributed by atoms with van der Waals surface area (Å²) in [4.78, 5) is 11.5. The maximum absolute atomic E-state index is 11.5. The fourth-order valence-electron chi connectivity index (χ4n) is 2.79. The van der Waals surface area contributed by atoms with Crippen molar-refractivity contribution in [2.24, 2.45) is 0 Å². The molecule has 0 aliphatic carbocycles. The molecule has 0 atom stereocenters. The summed E-state index contributed by atoms with van der Waals surface area (Å²) in [7, 11) is 0. The van der Waals surface area contributed by atoms with Crippen LogP contribution in [0.3, 0.4) is 0 Å². The lowest BCUT2D eigenvalue weighted by molar-refractivity contribution is -0.121. The number of hydrogen-bond acceptors (Lipinski definition) is 3. The molecule has 0 aliphatic heterocycles. The molecule has 0 aliphatic rings. The first-order chi connectivity index (χ1) is 12.2. The van der Waals surface area contributed by atoms with E-state index in [-0.39, 0.29) is 12.3 Å². The van der Waals surface area contributed by atoms with E-state index in [0.29, 0.717) is 13.0 Å². The highest BCUT2D eigenvalue weighted by Gasteiger charge is 2.02. The molecule has 3 N–H and O–H groups in total. The second-order valence-corrected chi connectivity index (χ2v) is 6.95. The average molecular weight is 356 g/mol. The van der Waals surface area contributed by atoms with E-state index >= 15 is 0 Å². The number of rotatable bonds is 18. The van der Waals surface area contributed by atoms with Crippen LogP contribution in [-0.4, -0.2) is 29.0 Å². The standard InChI is InChI=1S/C21H41NO3/c1-2-3-4-5-6-7-8-9-10-11-12-13-14-15-16-17-20(23)22-19-18-21(24)25/h9-10,21,24-25H,2-8,11-19H2,1H3,(H,22,23)/b10-9-. The van der Waals surface area contributed by atoms with E-state index in [1.54, 1.807) is 0 Å². The van der Waals surface area contributed by atoms with Crippen LogP contribution in [0.2, 0.25) is 0 Å². The van der Waals surface area contributed by atoms with Crippen LogP contribution in [0, 0.1) is 0 Å². The summed E-state index contributed by atoms with van der Waals surface area (Å²) in [6.45, 7) is 2.59. The molecule has 0 aromatic heterocycles. The van der Waals surface area contributed by atoms with Crippen molar-refractivity contribution in [2.45, 2.75) is 110 Å². The van der Waals surface area contributed by atoms with E-state index in [4.69, 9.17) is 10.2 Å². The minimum absolute atomic E-state index is 0.0123. The molecule has 0 aromatic rings. The molecule has 1 amide bonds. The Balaban J connectivity index is 3.20. The molecule has 4 heteroatoms. The Bertz CT molecular complexity index is 316. The van der Waals surface area contributed by atoms with Crippen LogP contribution in [0.5, 0.6) is 0 Å². The lowest BCUT2D eigenvalue weighted by atomic mass is 10.1. The number of amides is 1. The zero-order valence-corrected chi connectivity index (χ0v) is 16.3. The number of unbranched alkanes of at least 4 members (excludes halogenated alkanes) is 11. The largest absolute Gasteiger partial charge is 0.368 e. The zero-order chi connectivity index (χ0) is 18.6. The molecule has 0 bridgehead atoms. The van der Waals surface area contributed by atoms with Gasteiger partial charge in [-0.05, 0) is 32.1 Å². The highest BCUT2D eigenvalue weighted by atomic mass is 16.5. The third-order valence-corrected chi connectivity index (χ3v) is 4.39. The molecule has 0 spiro atoms. The molecule has 0 saturated heterocycles. The maximum Gasteiger partial charge on any atom is 0.219 e. The first-order valence-corrected chi connectivity index (χ1v) is 10.4. The predicted octanol–water partition coefficient (Wildman–Crippen LogP) is 4.84.